The van der Waals surface area contributed by atoms with Crippen LogP contribution in [0.3, 0.4) is 0 Å². The van der Waals surface area contributed by atoms with Crippen molar-refractivity contribution in [2.24, 2.45) is 0 Å². The van der Waals surface area contributed by atoms with Crippen molar-refractivity contribution in [3.63, 3.8) is 0 Å². The van der Waals surface area contributed by atoms with Crippen LogP contribution >= 0.6 is 11.3 Å². The van der Waals surface area contributed by atoms with Crippen molar-refractivity contribution >= 4 is 27.4 Å². The highest BCUT2D eigenvalue weighted by Gasteiger charge is 2.21. The molecule has 1 saturated heterocycles. The van der Waals surface area contributed by atoms with Crippen LogP contribution in [0, 0.1) is 0 Å². The molecular weight excluding hydrogens is 420 g/mol. The van der Waals surface area contributed by atoms with Crippen molar-refractivity contribution < 1.29 is 9.84 Å². The lowest BCUT2D eigenvalue weighted by molar-refractivity contribution is 0.0662. The fourth-order valence-corrected chi connectivity index (χ4v) is 5.03. The number of fused-ring (bicyclic) bond motifs is 1. The van der Waals surface area contributed by atoms with Crippen LogP contribution in [-0.4, -0.2) is 65.4 Å². The molecule has 3 heterocycles. The first-order chi connectivity index (χ1) is 15.8. The van der Waals surface area contributed by atoms with Gasteiger partial charge in [0.15, 0.2) is 0 Å². The lowest BCUT2D eigenvalue weighted by Crippen LogP contribution is -2.49. The summed E-state index contributed by atoms with van der Waals surface area (Å²) < 4.78 is 7.15. The van der Waals surface area contributed by atoms with Crippen LogP contribution in [0.25, 0.3) is 21.2 Å². The molecule has 1 aliphatic rings. The lowest BCUT2D eigenvalue weighted by Gasteiger charge is -2.35. The molecule has 2 aromatic heterocycles. The summed E-state index contributed by atoms with van der Waals surface area (Å²) >= 11 is 1.76. The number of nitrogens with zero attached hydrogens (tertiary/aromatic N) is 4. The minimum Gasteiger partial charge on any atom is -0.491 e. The molecule has 0 amide bonds. The highest BCUT2D eigenvalue weighted by molar-refractivity contribution is 7.17. The van der Waals surface area contributed by atoms with E-state index in [9.17, 15) is 5.11 Å². The monoisotopic (exact) mass is 446 g/mol. The zero-order valence-electron chi connectivity index (χ0n) is 17.8. The maximum Gasteiger partial charge on any atom is 0.225 e. The Labute approximate surface area is 191 Å². The summed E-state index contributed by atoms with van der Waals surface area (Å²) in [5.41, 5.74) is 2.42. The smallest absolute Gasteiger partial charge is 0.225 e. The van der Waals surface area contributed by atoms with Gasteiger partial charge in [-0.2, -0.15) is 0 Å². The zero-order valence-corrected chi connectivity index (χ0v) is 18.6. The number of aromatic nitrogens is 2. The number of thiophene rings is 1. The number of β-amino-alcohol motifs (C(OH)–C–C–N with tert-alkyl or cyclic N) is 1. The van der Waals surface area contributed by atoms with Crippen molar-refractivity contribution in [1.29, 1.82) is 0 Å². The summed E-state index contributed by atoms with van der Waals surface area (Å²) in [6.07, 6.45) is 3.01. The number of hydrogen-bond donors (Lipinski definition) is 1. The summed E-state index contributed by atoms with van der Waals surface area (Å²) in [6.45, 7) is 4.34. The van der Waals surface area contributed by atoms with E-state index in [1.54, 1.807) is 23.7 Å². The van der Waals surface area contributed by atoms with Gasteiger partial charge in [-0.15, -0.1) is 11.3 Å². The molecule has 0 bridgehead atoms. The van der Waals surface area contributed by atoms with Crippen LogP contribution in [0.2, 0.25) is 0 Å². The van der Waals surface area contributed by atoms with E-state index in [4.69, 9.17) is 4.74 Å². The van der Waals surface area contributed by atoms with Crippen LogP contribution in [0.1, 0.15) is 0 Å². The van der Waals surface area contributed by atoms with Crippen LogP contribution in [0.5, 0.6) is 5.75 Å². The molecule has 1 fully saturated rings. The fraction of sp³-hybridized carbons (Fsp3) is 0.280. The number of anilines is 1. The first kappa shape index (κ1) is 20.9. The second-order valence-electron chi connectivity index (χ2n) is 7.97. The van der Waals surface area contributed by atoms with Gasteiger partial charge in [0.1, 0.15) is 18.5 Å². The van der Waals surface area contributed by atoms with Crippen LogP contribution in [0.15, 0.2) is 72.4 Å². The van der Waals surface area contributed by atoms with E-state index >= 15 is 0 Å². The van der Waals surface area contributed by atoms with Gasteiger partial charge in [-0.3, -0.25) is 4.90 Å². The van der Waals surface area contributed by atoms with Crippen molar-refractivity contribution in [3.05, 3.63) is 72.4 Å². The van der Waals surface area contributed by atoms with Gasteiger partial charge in [0.2, 0.25) is 5.95 Å². The first-order valence-electron chi connectivity index (χ1n) is 10.9. The number of aliphatic hydroxyl groups is 1. The Hall–Kier alpha value is -3.00. The van der Waals surface area contributed by atoms with Crippen molar-refractivity contribution in [3.8, 4) is 16.9 Å². The summed E-state index contributed by atoms with van der Waals surface area (Å²) in [5.74, 6) is 1.55. The summed E-state index contributed by atoms with van der Waals surface area (Å²) in [7, 11) is 0. The molecule has 1 aliphatic heterocycles. The second kappa shape index (κ2) is 9.65. The van der Waals surface area contributed by atoms with Gasteiger partial charge in [0.25, 0.3) is 0 Å². The molecule has 1 N–H and O–H groups in total. The molecule has 1 atom stereocenters. The Morgan fingerprint density at radius 1 is 0.938 bits per heavy atom. The third-order valence-corrected chi connectivity index (χ3v) is 6.73. The number of ether oxygens (including phenoxy) is 1. The second-order valence-corrected chi connectivity index (χ2v) is 8.88. The van der Waals surface area contributed by atoms with E-state index in [1.165, 1.54) is 21.2 Å². The molecule has 6 nitrogen and oxygen atoms in total. The molecular formula is C25H26N4O2S. The molecule has 32 heavy (non-hydrogen) atoms. The quantitative estimate of drug-likeness (QED) is 0.464. The van der Waals surface area contributed by atoms with E-state index in [-0.39, 0.29) is 6.61 Å². The molecule has 0 radical (unpaired) electrons. The minimum atomic E-state index is -0.532. The SMILES string of the molecule is OC(COc1ccc(-c2csc3ccccc23)cc1)CN1CCN(c2ncccn2)CC1. The average Bonchev–Trinajstić information content (AvgIpc) is 3.28. The Kier molecular flexibility index (Phi) is 6.29. The Balaban J connectivity index is 1.10. The number of aliphatic hydroxyl groups excluding tert-OH is 1. The van der Waals surface area contributed by atoms with Crippen molar-refractivity contribution in [2.45, 2.75) is 6.10 Å². The predicted molar refractivity (Wildman–Crippen MR) is 129 cm³/mol. The molecule has 0 aliphatic carbocycles. The number of rotatable bonds is 7. The average molecular weight is 447 g/mol. The number of piperazine rings is 1. The Morgan fingerprint density at radius 3 is 2.47 bits per heavy atom. The topological polar surface area (TPSA) is 61.7 Å². The molecule has 0 spiro atoms. The van der Waals surface area contributed by atoms with E-state index in [0.29, 0.717) is 6.54 Å². The molecule has 2 aromatic carbocycles. The molecule has 0 saturated carbocycles. The Bertz CT molecular complexity index is 1140. The maximum absolute atomic E-state index is 10.5. The molecule has 164 valence electrons. The molecule has 7 heteroatoms. The predicted octanol–water partition coefficient (Wildman–Crippen LogP) is 3.92. The highest BCUT2D eigenvalue weighted by Crippen LogP contribution is 2.34. The van der Waals surface area contributed by atoms with Gasteiger partial charge in [0, 0.05) is 60.8 Å². The zero-order chi connectivity index (χ0) is 21.8. The van der Waals surface area contributed by atoms with Crippen molar-refractivity contribution in [2.75, 3.05) is 44.2 Å². The standard InChI is InChI=1S/C25H26N4O2S/c30-20(16-28-12-14-29(15-13-28)25-26-10-3-11-27-25)17-31-21-8-6-19(7-9-21)23-18-32-24-5-2-1-4-22(23)24/h1-11,18,20,30H,12-17H2. The molecule has 4 aromatic rings. The van der Waals surface area contributed by atoms with E-state index in [1.807, 2.05) is 18.2 Å². The third-order valence-electron chi connectivity index (χ3n) is 5.76. The van der Waals surface area contributed by atoms with Crippen LogP contribution in [0.4, 0.5) is 5.95 Å². The minimum absolute atomic E-state index is 0.280. The van der Waals surface area contributed by atoms with Gasteiger partial charge in [-0.25, -0.2) is 9.97 Å². The maximum atomic E-state index is 10.5. The van der Waals surface area contributed by atoms with Gasteiger partial charge >= 0.3 is 0 Å². The summed E-state index contributed by atoms with van der Waals surface area (Å²) in [4.78, 5) is 13.1. The summed E-state index contributed by atoms with van der Waals surface area (Å²) in [5, 5.41) is 13.9. The largest absolute Gasteiger partial charge is 0.491 e. The summed E-state index contributed by atoms with van der Waals surface area (Å²) in [6, 6.07) is 18.4. The fourth-order valence-electron chi connectivity index (χ4n) is 4.06. The van der Waals surface area contributed by atoms with Crippen LogP contribution < -0.4 is 9.64 Å². The van der Waals surface area contributed by atoms with Crippen molar-refractivity contribution in [1.82, 2.24) is 14.9 Å². The number of hydrogen-bond acceptors (Lipinski definition) is 7. The lowest BCUT2D eigenvalue weighted by atomic mass is 10.0. The van der Waals surface area contributed by atoms with Crippen LogP contribution in [-0.2, 0) is 0 Å². The Morgan fingerprint density at radius 2 is 1.69 bits per heavy atom. The normalized spacial score (nSPS) is 15.7. The number of benzene rings is 2. The molecule has 5 rings (SSSR count). The first-order valence-corrected chi connectivity index (χ1v) is 11.8. The van der Waals surface area contributed by atoms with E-state index < -0.39 is 6.10 Å². The van der Waals surface area contributed by atoms with Gasteiger partial charge in [0.05, 0.1) is 0 Å². The highest BCUT2D eigenvalue weighted by atomic mass is 32.1. The van der Waals surface area contributed by atoms with E-state index in [0.717, 1.165) is 37.9 Å². The van der Waals surface area contributed by atoms with Gasteiger partial charge in [-0.1, -0.05) is 30.3 Å². The third kappa shape index (κ3) is 4.75. The van der Waals surface area contributed by atoms with Gasteiger partial charge in [-0.05, 0) is 35.2 Å². The molecule has 1 unspecified atom stereocenters. The van der Waals surface area contributed by atoms with E-state index in [2.05, 4.69) is 61.5 Å². The van der Waals surface area contributed by atoms with Gasteiger partial charge < -0.3 is 14.7 Å².